The van der Waals surface area contributed by atoms with Gasteiger partial charge >= 0.3 is 6.03 Å². The quantitative estimate of drug-likeness (QED) is 0.562. The molecule has 0 aromatic heterocycles. The Kier molecular flexibility index (Phi) is 6.74. The maximum atomic E-state index is 13.9. The SMILES string of the molecule is CCc1ccc(C(NCC(=O)NN2C(=O)NC3(CCCCC3)C2=O)c2cccc(F)c2)cc1. The molecule has 1 spiro atoms. The highest BCUT2D eigenvalue weighted by Gasteiger charge is 2.52. The monoisotopic (exact) mass is 452 g/mol. The summed E-state index contributed by atoms with van der Waals surface area (Å²) in [5.41, 5.74) is 4.25. The normalized spacial score (nSPS) is 18.3. The molecule has 33 heavy (non-hydrogen) atoms. The summed E-state index contributed by atoms with van der Waals surface area (Å²) in [5, 5.41) is 6.71. The van der Waals surface area contributed by atoms with Gasteiger partial charge in [0, 0.05) is 0 Å². The predicted molar refractivity (Wildman–Crippen MR) is 121 cm³/mol. The molecule has 1 atom stereocenters. The van der Waals surface area contributed by atoms with Crippen molar-refractivity contribution >= 4 is 17.8 Å². The van der Waals surface area contributed by atoms with E-state index in [4.69, 9.17) is 0 Å². The van der Waals surface area contributed by atoms with Gasteiger partial charge in [-0.25, -0.2) is 9.18 Å². The zero-order valence-electron chi connectivity index (χ0n) is 18.7. The first-order valence-electron chi connectivity index (χ1n) is 11.5. The van der Waals surface area contributed by atoms with Gasteiger partial charge < -0.3 is 5.32 Å². The summed E-state index contributed by atoms with van der Waals surface area (Å²) in [6.45, 7) is 1.90. The number of urea groups is 1. The van der Waals surface area contributed by atoms with Gasteiger partial charge in [0.1, 0.15) is 11.4 Å². The van der Waals surface area contributed by atoms with E-state index in [2.05, 4.69) is 23.0 Å². The fourth-order valence-corrected chi connectivity index (χ4v) is 4.64. The lowest BCUT2D eigenvalue weighted by Crippen LogP contribution is -2.52. The van der Waals surface area contributed by atoms with Gasteiger partial charge in [0.25, 0.3) is 11.8 Å². The number of rotatable bonds is 7. The number of imide groups is 1. The third kappa shape index (κ3) is 4.90. The highest BCUT2D eigenvalue weighted by atomic mass is 19.1. The van der Waals surface area contributed by atoms with Gasteiger partial charge in [-0.05, 0) is 48.1 Å². The van der Waals surface area contributed by atoms with Crippen LogP contribution in [0.15, 0.2) is 48.5 Å². The molecule has 1 unspecified atom stereocenters. The van der Waals surface area contributed by atoms with Crippen LogP contribution in [0.4, 0.5) is 9.18 Å². The van der Waals surface area contributed by atoms with Gasteiger partial charge in [0.2, 0.25) is 0 Å². The zero-order chi connectivity index (χ0) is 23.4. The first kappa shape index (κ1) is 22.9. The van der Waals surface area contributed by atoms with E-state index in [0.717, 1.165) is 36.3 Å². The first-order chi connectivity index (χ1) is 15.9. The summed E-state index contributed by atoms with van der Waals surface area (Å²) in [4.78, 5) is 37.9. The van der Waals surface area contributed by atoms with Crippen LogP contribution in [-0.4, -0.2) is 34.9 Å². The molecule has 1 saturated heterocycles. The number of carbonyl (C=O) groups excluding carboxylic acids is 3. The maximum absolute atomic E-state index is 13.9. The van der Waals surface area contributed by atoms with Crippen molar-refractivity contribution in [3.63, 3.8) is 0 Å². The molecule has 7 nitrogen and oxygen atoms in total. The molecule has 0 bridgehead atoms. The lowest BCUT2D eigenvalue weighted by molar-refractivity contribution is -0.139. The number of amides is 4. The largest absolute Gasteiger partial charge is 0.344 e. The predicted octanol–water partition coefficient (Wildman–Crippen LogP) is 3.35. The second-order valence-electron chi connectivity index (χ2n) is 8.71. The number of nitrogens with zero attached hydrogens (tertiary/aromatic N) is 1. The van der Waals surface area contributed by atoms with Crippen molar-refractivity contribution in [2.45, 2.75) is 57.0 Å². The van der Waals surface area contributed by atoms with Crippen molar-refractivity contribution in [2.75, 3.05) is 6.54 Å². The lowest BCUT2D eigenvalue weighted by atomic mass is 9.82. The third-order valence-corrected chi connectivity index (χ3v) is 6.48. The van der Waals surface area contributed by atoms with E-state index in [9.17, 15) is 18.8 Å². The van der Waals surface area contributed by atoms with Crippen LogP contribution in [-0.2, 0) is 16.0 Å². The summed E-state index contributed by atoms with van der Waals surface area (Å²) < 4.78 is 13.9. The van der Waals surface area contributed by atoms with Crippen LogP contribution < -0.4 is 16.1 Å². The van der Waals surface area contributed by atoms with Crippen molar-refractivity contribution in [3.05, 3.63) is 71.0 Å². The van der Waals surface area contributed by atoms with Crippen LogP contribution in [0.2, 0.25) is 0 Å². The lowest BCUT2D eigenvalue weighted by Gasteiger charge is -2.30. The Morgan fingerprint density at radius 1 is 1.09 bits per heavy atom. The summed E-state index contributed by atoms with van der Waals surface area (Å²) in [6, 6.07) is 13.1. The van der Waals surface area contributed by atoms with Crippen LogP contribution >= 0.6 is 0 Å². The number of hydrazine groups is 1. The summed E-state index contributed by atoms with van der Waals surface area (Å²) >= 11 is 0. The number of halogens is 1. The van der Waals surface area contributed by atoms with Gasteiger partial charge in [-0.2, -0.15) is 5.01 Å². The number of nitrogens with one attached hydrogen (secondary N) is 3. The molecule has 0 radical (unpaired) electrons. The molecule has 3 N–H and O–H groups in total. The molecule has 4 amide bonds. The standard InChI is InChI=1S/C25H29FN4O3/c1-2-17-9-11-18(12-10-17)22(19-7-6-8-20(26)15-19)27-16-21(31)29-30-23(32)25(28-24(30)33)13-4-3-5-14-25/h6-12,15,22,27H,2-5,13-14,16H2,1H3,(H,28,33)(H,29,31). The molecule has 1 heterocycles. The molecule has 1 aliphatic heterocycles. The Hall–Kier alpha value is -3.26. The van der Waals surface area contributed by atoms with Crippen LogP contribution in [0.3, 0.4) is 0 Å². The Balaban J connectivity index is 1.45. The van der Waals surface area contributed by atoms with E-state index in [1.165, 1.54) is 17.7 Å². The van der Waals surface area contributed by atoms with Gasteiger partial charge in [-0.15, -0.1) is 0 Å². The van der Waals surface area contributed by atoms with E-state index < -0.39 is 29.4 Å². The third-order valence-electron chi connectivity index (χ3n) is 6.48. The smallest absolute Gasteiger partial charge is 0.322 e. The van der Waals surface area contributed by atoms with Crippen molar-refractivity contribution in [1.29, 1.82) is 0 Å². The fourth-order valence-electron chi connectivity index (χ4n) is 4.64. The molecule has 2 aromatic rings. The first-order valence-corrected chi connectivity index (χ1v) is 11.5. The van der Waals surface area contributed by atoms with E-state index in [1.54, 1.807) is 12.1 Å². The van der Waals surface area contributed by atoms with Crippen LogP contribution in [0.5, 0.6) is 0 Å². The molecule has 2 fully saturated rings. The Bertz CT molecular complexity index is 1030. The Morgan fingerprint density at radius 2 is 1.82 bits per heavy atom. The van der Waals surface area contributed by atoms with E-state index in [0.29, 0.717) is 18.4 Å². The molecule has 2 aliphatic rings. The number of carbonyl (C=O) groups is 3. The molecule has 174 valence electrons. The average molecular weight is 453 g/mol. The van der Waals surface area contributed by atoms with Crippen molar-refractivity contribution < 1.29 is 18.8 Å². The number of benzene rings is 2. The van der Waals surface area contributed by atoms with Crippen molar-refractivity contribution in [1.82, 2.24) is 21.1 Å². The minimum Gasteiger partial charge on any atom is -0.322 e. The zero-order valence-corrected chi connectivity index (χ0v) is 18.7. The highest BCUT2D eigenvalue weighted by molar-refractivity contribution is 6.08. The van der Waals surface area contributed by atoms with Gasteiger partial charge in [-0.1, -0.05) is 62.6 Å². The second kappa shape index (κ2) is 9.70. The van der Waals surface area contributed by atoms with Crippen molar-refractivity contribution in [3.8, 4) is 0 Å². The number of hydrogen-bond acceptors (Lipinski definition) is 4. The second-order valence-corrected chi connectivity index (χ2v) is 8.71. The minimum absolute atomic E-state index is 0.166. The number of aryl methyl sites for hydroxylation is 1. The average Bonchev–Trinajstić information content (AvgIpc) is 3.04. The van der Waals surface area contributed by atoms with Gasteiger partial charge in [0.15, 0.2) is 0 Å². The highest BCUT2D eigenvalue weighted by Crippen LogP contribution is 2.33. The summed E-state index contributed by atoms with van der Waals surface area (Å²) in [6.07, 6.45) is 4.81. The molecular weight excluding hydrogens is 423 g/mol. The van der Waals surface area contributed by atoms with Gasteiger partial charge in [0.05, 0.1) is 12.6 Å². The van der Waals surface area contributed by atoms with Crippen LogP contribution in [0.25, 0.3) is 0 Å². The van der Waals surface area contributed by atoms with E-state index >= 15 is 0 Å². The van der Waals surface area contributed by atoms with Crippen LogP contribution in [0, 0.1) is 5.82 Å². The van der Waals surface area contributed by atoms with Gasteiger partial charge in [-0.3, -0.25) is 20.3 Å². The molecular formula is C25H29FN4O3. The molecule has 8 heteroatoms. The molecule has 1 aliphatic carbocycles. The number of hydrogen-bond donors (Lipinski definition) is 3. The molecule has 4 rings (SSSR count). The Labute approximate surface area is 192 Å². The summed E-state index contributed by atoms with van der Waals surface area (Å²) in [7, 11) is 0. The molecule has 1 saturated carbocycles. The van der Waals surface area contributed by atoms with E-state index in [-0.39, 0.29) is 12.4 Å². The maximum Gasteiger partial charge on any atom is 0.344 e. The fraction of sp³-hybridized carbons (Fsp3) is 0.400. The van der Waals surface area contributed by atoms with Crippen LogP contribution in [0.1, 0.15) is 61.8 Å². The Morgan fingerprint density at radius 3 is 2.48 bits per heavy atom. The van der Waals surface area contributed by atoms with E-state index in [1.807, 2.05) is 24.3 Å². The topological polar surface area (TPSA) is 90.5 Å². The summed E-state index contributed by atoms with van der Waals surface area (Å²) in [5.74, 6) is -1.30. The van der Waals surface area contributed by atoms with Crippen molar-refractivity contribution in [2.24, 2.45) is 0 Å². The molecule has 2 aromatic carbocycles. The minimum atomic E-state index is -0.902.